The van der Waals surface area contributed by atoms with E-state index >= 15 is 0 Å². The molecule has 2 aromatic carbocycles. The minimum atomic E-state index is -2.56. The van der Waals surface area contributed by atoms with Crippen LogP contribution < -0.4 is 20.7 Å². The number of anilines is 1. The van der Waals surface area contributed by atoms with Crippen molar-refractivity contribution in [1.82, 2.24) is 10.3 Å². The van der Waals surface area contributed by atoms with E-state index in [1.165, 1.54) is 13.2 Å². The Labute approximate surface area is 223 Å². The Morgan fingerprint density at radius 1 is 1.00 bits per heavy atom. The van der Waals surface area contributed by atoms with Crippen molar-refractivity contribution >= 4 is 29.0 Å². The van der Waals surface area contributed by atoms with Crippen LogP contribution in [0, 0.1) is 29.1 Å². The highest BCUT2D eigenvalue weighted by molar-refractivity contribution is 6.26. The quantitative estimate of drug-likeness (QED) is 0.198. The number of aliphatic imine (C=N–C) groups is 1. The monoisotopic (exact) mass is 561 g/mol. The molecular formula is C26H20F5N5O4. The molecule has 3 N–H and O–H groups in total. The molecular weight excluding hydrogens is 541 g/mol. The number of hydrogen-bond acceptors (Lipinski definition) is 7. The van der Waals surface area contributed by atoms with Gasteiger partial charge < -0.3 is 15.0 Å². The first kappa shape index (κ1) is 28.3. The molecule has 0 radical (unpaired) electrons. The normalized spacial score (nSPS) is 17.4. The third kappa shape index (κ3) is 4.88. The second-order valence-electron chi connectivity index (χ2n) is 8.66. The molecule has 1 aliphatic heterocycles. The van der Waals surface area contributed by atoms with E-state index in [1.807, 2.05) is 0 Å². The number of hydrogen-bond donors (Lipinski definition) is 2. The standard InChI is InChI=1S/C26H20F5N5O4/c1-12(34-16(37)11-40-23-20(30)18(28)17(27)19(29)21(23)31)24(38)26(32)25(39)36(2)15-9-4-3-7-13(15)22(35-26)14-8-5-6-10-33-14/h3-10,12H,11,32H2,1-2H3,(H,34,37)/t12-,26?/m0/s1. The first-order chi connectivity index (χ1) is 18.9. The topological polar surface area (TPSA) is 127 Å². The minimum Gasteiger partial charge on any atom is -0.477 e. The number of ketones is 1. The van der Waals surface area contributed by atoms with Gasteiger partial charge in [-0.3, -0.25) is 25.1 Å². The lowest BCUT2D eigenvalue weighted by molar-refractivity contribution is -0.137. The molecule has 4 rings (SSSR count). The largest absolute Gasteiger partial charge is 0.477 e. The van der Waals surface area contributed by atoms with E-state index in [1.54, 1.807) is 42.5 Å². The molecule has 2 amide bonds. The first-order valence-electron chi connectivity index (χ1n) is 11.5. The van der Waals surface area contributed by atoms with Crippen LogP contribution in [0.5, 0.6) is 5.75 Å². The average Bonchev–Trinajstić information content (AvgIpc) is 3.04. The SMILES string of the molecule is C[C@H](NC(=O)COc1c(F)c(F)c(F)c(F)c1F)C(=O)C1(N)N=C(c2ccccn2)c2ccccc2N(C)C1=O. The van der Waals surface area contributed by atoms with Gasteiger partial charge in [-0.15, -0.1) is 0 Å². The molecule has 2 heterocycles. The summed E-state index contributed by atoms with van der Waals surface area (Å²) in [5, 5.41) is 2.13. The van der Waals surface area contributed by atoms with Crippen molar-refractivity contribution in [1.29, 1.82) is 0 Å². The number of benzene rings is 2. The summed E-state index contributed by atoms with van der Waals surface area (Å²) in [7, 11) is 1.38. The lowest BCUT2D eigenvalue weighted by Crippen LogP contribution is -2.63. The van der Waals surface area contributed by atoms with Crippen molar-refractivity contribution in [3.8, 4) is 5.75 Å². The summed E-state index contributed by atoms with van der Waals surface area (Å²) < 4.78 is 72.2. The Morgan fingerprint density at radius 2 is 1.60 bits per heavy atom. The van der Waals surface area contributed by atoms with Crippen molar-refractivity contribution in [3.05, 3.63) is 89.0 Å². The number of fused-ring (bicyclic) bond motifs is 1. The molecule has 0 fully saturated rings. The number of amides is 2. The van der Waals surface area contributed by atoms with Gasteiger partial charge in [0.1, 0.15) is 0 Å². The zero-order valence-corrected chi connectivity index (χ0v) is 20.8. The van der Waals surface area contributed by atoms with Crippen LogP contribution in [0.15, 0.2) is 53.7 Å². The molecule has 2 atom stereocenters. The number of Topliss-reactive ketones (excluding diaryl/α,β-unsaturated/α-hetero) is 1. The summed E-state index contributed by atoms with van der Waals surface area (Å²) in [5.41, 5.74) is 5.01. The van der Waals surface area contributed by atoms with Crippen LogP contribution in [0.25, 0.3) is 0 Å². The highest BCUT2D eigenvalue weighted by atomic mass is 19.2. The summed E-state index contributed by atoms with van der Waals surface area (Å²) in [5.74, 6) is -16.4. The van der Waals surface area contributed by atoms with Crippen LogP contribution in [-0.4, -0.2) is 53.7 Å². The van der Waals surface area contributed by atoms with Gasteiger partial charge in [-0.1, -0.05) is 24.3 Å². The molecule has 1 unspecified atom stereocenters. The molecule has 3 aromatic rings. The molecule has 14 heteroatoms. The van der Waals surface area contributed by atoms with Gasteiger partial charge in [0.15, 0.2) is 12.4 Å². The van der Waals surface area contributed by atoms with Gasteiger partial charge in [-0.2, -0.15) is 8.78 Å². The Kier molecular flexibility index (Phi) is 7.64. The van der Waals surface area contributed by atoms with E-state index in [-0.39, 0.29) is 5.71 Å². The van der Waals surface area contributed by atoms with Crippen molar-refractivity contribution in [2.45, 2.75) is 18.6 Å². The lowest BCUT2D eigenvalue weighted by Gasteiger charge is -2.28. The number of ether oxygens (including phenoxy) is 1. The van der Waals surface area contributed by atoms with E-state index in [2.05, 4.69) is 20.0 Å². The van der Waals surface area contributed by atoms with Crippen LogP contribution >= 0.6 is 0 Å². The first-order valence-corrected chi connectivity index (χ1v) is 11.5. The maximum Gasteiger partial charge on any atom is 0.277 e. The Balaban J connectivity index is 1.60. The van der Waals surface area contributed by atoms with Crippen molar-refractivity contribution in [2.24, 2.45) is 10.7 Å². The smallest absolute Gasteiger partial charge is 0.277 e. The van der Waals surface area contributed by atoms with Crippen LogP contribution in [0.3, 0.4) is 0 Å². The Morgan fingerprint density at radius 3 is 2.23 bits per heavy atom. The third-order valence-corrected chi connectivity index (χ3v) is 6.01. The highest BCUT2D eigenvalue weighted by Gasteiger charge is 2.49. The van der Waals surface area contributed by atoms with Gasteiger partial charge in [-0.05, 0) is 25.1 Å². The number of pyridine rings is 1. The second kappa shape index (κ2) is 10.8. The molecule has 208 valence electrons. The maximum absolute atomic E-state index is 13.8. The molecule has 40 heavy (non-hydrogen) atoms. The fourth-order valence-corrected chi connectivity index (χ4v) is 4.00. The number of nitrogens with zero attached hydrogens (tertiary/aromatic N) is 3. The maximum atomic E-state index is 13.8. The number of para-hydroxylation sites is 1. The predicted octanol–water partition coefficient (Wildman–Crippen LogP) is 2.40. The molecule has 1 aliphatic rings. The highest BCUT2D eigenvalue weighted by Crippen LogP contribution is 2.31. The van der Waals surface area contributed by atoms with Crippen LogP contribution in [0.1, 0.15) is 18.2 Å². The van der Waals surface area contributed by atoms with Gasteiger partial charge in [0, 0.05) is 18.8 Å². The summed E-state index contributed by atoms with van der Waals surface area (Å²) in [6, 6.07) is 10.0. The Hall–Kier alpha value is -4.72. The van der Waals surface area contributed by atoms with Crippen LogP contribution in [0.4, 0.5) is 27.6 Å². The molecule has 0 spiro atoms. The molecule has 1 aromatic heterocycles. The number of nitrogens with one attached hydrogen (secondary N) is 1. The van der Waals surface area contributed by atoms with E-state index in [9.17, 15) is 36.3 Å². The Bertz CT molecular complexity index is 1520. The van der Waals surface area contributed by atoms with Crippen LogP contribution in [0.2, 0.25) is 0 Å². The van der Waals surface area contributed by atoms with Crippen molar-refractivity contribution in [2.75, 3.05) is 18.6 Å². The predicted molar refractivity (Wildman–Crippen MR) is 131 cm³/mol. The fourth-order valence-electron chi connectivity index (χ4n) is 4.00. The number of rotatable bonds is 7. The lowest BCUT2D eigenvalue weighted by atomic mass is 9.98. The van der Waals surface area contributed by atoms with E-state index in [4.69, 9.17) is 5.73 Å². The summed E-state index contributed by atoms with van der Waals surface area (Å²) >= 11 is 0. The van der Waals surface area contributed by atoms with Crippen molar-refractivity contribution < 1.29 is 41.1 Å². The number of carbonyl (C=O) groups excluding carboxylic acids is 3. The van der Waals surface area contributed by atoms with Gasteiger partial charge in [0.25, 0.3) is 11.8 Å². The summed E-state index contributed by atoms with van der Waals surface area (Å²) in [6.45, 7) is -0.0796. The number of likely N-dealkylation sites (N-methyl/N-ethyl adjacent to an activating group) is 1. The molecule has 0 saturated carbocycles. The van der Waals surface area contributed by atoms with Gasteiger partial charge >= 0.3 is 0 Å². The summed E-state index contributed by atoms with van der Waals surface area (Å²) in [6.07, 6.45) is 1.48. The van der Waals surface area contributed by atoms with Gasteiger partial charge in [-0.25, -0.2) is 18.2 Å². The number of aromatic nitrogens is 1. The molecule has 0 bridgehead atoms. The number of halogens is 5. The average molecular weight is 561 g/mol. The third-order valence-electron chi connectivity index (χ3n) is 6.01. The van der Waals surface area contributed by atoms with Crippen molar-refractivity contribution in [3.63, 3.8) is 0 Å². The zero-order valence-electron chi connectivity index (χ0n) is 20.8. The zero-order chi connectivity index (χ0) is 29.4. The molecule has 9 nitrogen and oxygen atoms in total. The van der Waals surface area contributed by atoms with E-state index in [0.717, 1.165) is 11.8 Å². The van der Waals surface area contributed by atoms with Gasteiger partial charge in [0.2, 0.25) is 40.5 Å². The summed E-state index contributed by atoms with van der Waals surface area (Å²) in [4.78, 5) is 49.0. The second-order valence-corrected chi connectivity index (χ2v) is 8.66. The number of nitrogens with two attached hydrogens (primary N) is 1. The van der Waals surface area contributed by atoms with Gasteiger partial charge in [0.05, 0.1) is 23.1 Å². The molecule has 0 saturated heterocycles. The van der Waals surface area contributed by atoms with E-state index in [0.29, 0.717) is 16.9 Å². The minimum absolute atomic E-state index is 0.123. The number of benzodiazepines with no additional fused rings is 1. The number of carbonyl (C=O) groups is 3. The fraction of sp³-hybridized carbons (Fsp3) is 0.192. The molecule has 0 aliphatic carbocycles. The van der Waals surface area contributed by atoms with Crippen LogP contribution in [-0.2, 0) is 14.4 Å². The van der Waals surface area contributed by atoms with E-state index < -0.39 is 70.7 Å².